The third-order valence-electron chi connectivity index (χ3n) is 2.69. The molecule has 0 N–H and O–H groups in total. The molecule has 96 valence electrons. The number of rotatable bonds is 4. The molecule has 2 rings (SSSR count). The van der Waals surface area contributed by atoms with E-state index in [9.17, 15) is 4.79 Å². The Morgan fingerprint density at radius 1 is 1.33 bits per heavy atom. The third-order valence-corrected chi connectivity index (χ3v) is 2.69. The monoisotopic (exact) mass is 247 g/mol. The minimum atomic E-state index is -0.0925. The van der Waals surface area contributed by atoms with Crippen LogP contribution in [0.1, 0.15) is 5.69 Å². The van der Waals surface area contributed by atoms with Crippen molar-refractivity contribution in [3.05, 3.63) is 40.6 Å². The molecule has 0 atom stereocenters. The molecule has 0 saturated heterocycles. The summed E-state index contributed by atoms with van der Waals surface area (Å²) < 4.78 is 3.26. The first kappa shape index (κ1) is 12.3. The van der Waals surface area contributed by atoms with Crippen molar-refractivity contribution in [1.82, 2.24) is 19.6 Å². The fourth-order valence-corrected chi connectivity index (χ4v) is 1.62. The van der Waals surface area contributed by atoms with E-state index in [0.717, 1.165) is 11.4 Å². The van der Waals surface area contributed by atoms with Crippen LogP contribution in [0, 0.1) is 6.92 Å². The fraction of sp³-hybridized carbons (Fsp3) is 0.417. The number of anilines is 1. The molecule has 0 fully saturated rings. The Hall–Kier alpha value is -2.11. The Labute approximate surface area is 105 Å². The highest BCUT2D eigenvalue weighted by Gasteiger charge is 2.02. The molecular weight excluding hydrogens is 230 g/mol. The van der Waals surface area contributed by atoms with Gasteiger partial charge in [0.2, 0.25) is 0 Å². The first-order valence-electron chi connectivity index (χ1n) is 5.81. The maximum atomic E-state index is 11.8. The zero-order valence-corrected chi connectivity index (χ0v) is 10.9. The summed E-state index contributed by atoms with van der Waals surface area (Å²) >= 11 is 0. The van der Waals surface area contributed by atoms with Crippen LogP contribution in [0.2, 0.25) is 0 Å². The Kier molecular flexibility index (Phi) is 3.45. The maximum absolute atomic E-state index is 11.8. The standard InChI is InChI=1S/C12H17N5O/c1-10-4-5-16(14-10)6-7-17-12(18)8-11(9-13-17)15(2)3/h4-5,8-9H,6-7H2,1-3H3. The van der Waals surface area contributed by atoms with Crippen molar-refractivity contribution in [3.8, 4) is 0 Å². The Morgan fingerprint density at radius 2 is 2.11 bits per heavy atom. The quantitative estimate of drug-likeness (QED) is 0.790. The third kappa shape index (κ3) is 2.77. The van der Waals surface area contributed by atoms with Gasteiger partial charge in [0.1, 0.15) is 0 Å². The lowest BCUT2D eigenvalue weighted by Gasteiger charge is -2.12. The second kappa shape index (κ2) is 5.03. The number of aromatic nitrogens is 4. The Bertz CT molecular complexity index is 584. The fourth-order valence-electron chi connectivity index (χ4n) is 1.62. The van der Waals surface area contributed by atoms with E-state index in [1.54, 1.807) is 12.3 Å². The van der Waals surface area contributed by atoms with Gasteiger partial charge < -0.3 is 4.90 Å². The van der Waals surface area contributed by atoms with Gasteiger partial charge in [0.15, 0.2) is 0 Å². The molecule has 0 aliphatic rings. The Balaban J connectivity index is 2.08. The summed E-state index contributed by atoms with van der Waals surface area (Å²) in [6.07, 6.45) is 3.59. The van der Waals surface area contributed by atoms with E-state index < -0.39 is 0 Å². The summed E-state index contributed by atoms with van der Waals surface area (Å²) in [6.45, 7) is 3.10. The molecule has 0 amide bonds. The molecule has 18 heavy (non-hydrogen) atoms. The van der Waals surface area contributed by atoms with Crippen molar-refractivity contribution in [2.45, 2.75) is 20.0 Å². The van der Waals surface area contributed by atoms with Crippen LogP contribution < -0.4 is 10.5 Å². The van der Waals surface area contributed by atoms with Crippen LogP contribution in [0.25, 0.3) is 0 Å². The minimum Gasteiger partial charge on any atom is -0.376 e. The smallest absolute Gasteiger partial charge is 0.268 e. The van der Waals surface area contributed by atoms with Crippen molar-refractivity contribution in [1.29, 1.82) is 0 Å². The van der Waals surface area contributed by atoms with Gasteiger partial charge in [0.05, 0.1) is 30.7 Å². The summed E-state index contributed by atoms with van der Waals surface area (Å²) in [7, 11) is 3.76. The summed E-state index contributed by atoms with van der Waals surface area (Å²) in [6, 6.07) is 3.52. The summed E-state index contributed by atoms with van der Waals surface area (Å²) in [4.78, 5) is 13.7. The molecule has 0 aliphatic heterocycles. The summed E-state index contributed by atoms with van der Waals surface area (Å²) in [5.74, 6) is 0. The van der Waals surface area contributed by atoms with Crippen molar-refractivity contribution in [2.75, 3.05) is 19.0 Å². The molecule has 0 spiro atoms. The normalized spacial score (nSPS) is 10.6. The predicted octanol–water partition coefficient (Wildman–Crippen LogP) is 0.514. The van der Waals surface area contributed by atoms with E-state index in [0.29, 0.717) is 13.1 Å². The van der Waals surface area contributed by atoms with Crippen molar-refractivity contribution in [3.63, 3.8) is 0 Å². The Morgan fingerprint density at radius 3 is 2.67 bits per heavy atom. The molecule has 2 aromatic rings. The van der Waals surface area contributed by atoms with E-state index in [2.05, 4.69) is 10.2 Å². The lowest BCUT2D eigenvalue weighted by molar-refractivity contribution is 0.481. The maximum Gasteiger partial charge on any atom is 0.268 e. The highest BCUT2D eigenvalue weighted by molar-refractivity contribution is 5.40. The number of hydrogen-bond donors (Lipinski definition) is 0. The molecule has 2 aromatic heterocycles. The lowest BCUT2D eigenvalue weighted by Crippen LogP contribution is -2.26. The van der Waals surface area contributed by atoms with Crippen LogP contribution >= 0.6 is 0 Å². The van der Waals surface area contributed by atoms with Gasteiger partial charge in [-0.1, -0.05) is 0 Å². The zero-order valence-electron chi connectivity index (χ0n) is 10.9. The molecule has 2 heterocycles. The van der Waals surface area contributed by atoms with Crippen molar-refractivity contribution >= 4 is 5.69 Å². The van der Waals surface area contributed by atoms with Gasteiger partial charge in [-0.05, 0) is 13.0 Å². The molecule has 6 heteroatoms. The van der Waals surface area contributed by atoms with E-state index in [1.807, 2.05) is 42.9 Å². The number of aryl methyl sites for hydroxylation is 3. The van der Waals surface area contributed by atoms with Crippen molar-refractivity contribution in [2.24, 2.45) is 0 Å². The van der Waals surface area contributed by atoms with Gasteiger partial charge in [-0.25, -0.2) is 4.68 Å². The average molecular weight is 247 g/mol. The van der Waals surface area contributed by atoms with E-state index >= 15 is 0 Å². The van der Waals surface area contributed by atoms with Gasteiger partial charge in [0, 0.05) is 26.4 Å². The summed E-state index contributed by atoms with van der Waals surface area (Å²) in [5, 5.41) is 8.41. The molecule has 0 aliphatic carbocycles. The summed E-state index contributed by atoms with van der Waals surface area (Å²) in [5.41, 5.74) is 1.69. The zero-order chi connectivity index (χ0) is 13.1. The molecule has 0 unspecified atom stereocenters. The lowest BCUT2D eigenvalue weighted by atomic mass is 10.4. The van der Waals surface area contributed by atoms with Gasteiger partial charge in [-0.15, -0.1) is 0 Å². The molecule has 0 saturated carbocycles. The molecule has 0 radical (unpaired) electrons. The largest absolute Gasteiger partial charge is 0.376 e. The minimum absolute atomic E-state index is 0.0925. The SMILES string of the molecule is Cc1ccn(CCn2ncc(N(C)C)cc2=O)n1. The van der Waals surface area contributed by atoms with E-state index in [1.165, 1.54) is 4.68 Å². The van der Waals surface area contributed by atoms with Gasteiger partial charge in [-0.2, -0.15) is 10.2 Å². The molecular formula is C12H17N5O. The molecule has 0 aromatic carbocycles. The molecule has 6 nitrogen and oxygen atoms in total. The predicted molar refractivity (Wildman–Crippen MR) is 69.8 cm³/mol. The van der Waals surface area contributed by atoms with Crippen LogP contribution in [0.5, 0.6) is 0 Å². The first-order valence-corrected chi connectivity index (χ1v) is 5.81. The van der Waals surface area contributed by atoms with Gasteiger partial charge >= 0.3 is 0 Å². The second-order valence-corrected chi connectivity index (χ2v) is 4.39. The average Bonchev–Trinajstić information content (AvgIpc) is 2.73. The van der Waals surface area contributed by atoms with Crippen LogP contribution in [0.4, 0.5) is 5.69 Å². The van der Waals surface area contributed by atoms with Gasteiger partial charge in [-0.3, -0.25) is 9.48 Å². The van der Waals surface area contributed by atoms with E-state index in [-0.39, 0.29) is 5.56 Å². The highest BCUT2D eigenvalue weighted by Crippen LogP contribution is 2.03. The van der Waals surface area contributed by atoms with Crippen LogP contribution in [0.15, 0.2) is 29.3 Å². The van der Waals surface area contributed by atoms with Crippen LogP contribution in [-0.2, 0) is 13.1 Å². The number of hydrogen-bond acceptors (Lipinski definition) is 4. The van der Waals surface area contributed by atoms with Gasteiger partial charge in [0.25, 0.3) is 5.56 Å². The highest BCUT2D eigenvalue weighted by atomic mass is 16.1. The topological polar surface area (TPSA) is 56.0 Å². The van der Waals surface area contributed by atoms with Crippen LogP contribution in [-0.4, -0.2) is 33.7 Å². The van der Waals surface area contributed by atoms with Crippen molar-refractivity contribution < 1.29 is 0 Å². The second-order valence-electron chi connectivity index (χ2n) is 4.39. The molecule has 0 bridgehead atoms. The first-order chi connectivity index (χ1) is 8.56. The van der Waals surface area contributed by atoms with Crippen LogP contribution in [0.3, 0.4) is 0 Å². The number of nitrogens with zero attached hydrogens (tertiary/aromatic N) is 5. The van der Waals surface area contributed by atoms with E-state index in [4.69, 9.17) is 0 Å².